The van der Waals surface area contributed by atoms with Crippen molar-refractivity contribution >= 4 is 0 Å². The van der Waals surface area contributed by atoms with Gasteiger partial charge in [-0.3, -0.25) is 0 Å². The van der Waals surface area contributed by atoms with E-state index in [1.54, 1.807) is 0 Å². The van der Waals surface area contributed by atoms with E-state index in [0.717, 1.165) is 24.2 Å². The minimum Gasteiger partial charge on any atom is -0.334 e. The summed E-state index contributed by atoms with van der Waals surface area (Å²) in [7, 11) is 2.13. The van der Waals surface area contributed by atoms with Crippen LogP contribution in [0.1, 0.15) is 57.1 Å². The summed E-state index contributed by atoms with van der Waals surface area (Å²) in [5.74, 6) is 2.80. The molecule has 0 amide bonds. The zero-order valence-corrected chi connectivity index (χ0v) is 12.2. The average molecular weight is 249 g/mol. The molecule has 2 rings (SSSR count). The largest absolute Gasteiger partial charge is 0.334 e. The number of nitrogens with zero attached hydrogens (tertiary/aromatic N) is 2. The molecule has 0 radical (unpaired) electrons. The van der Waals surface area contributed by atoms with E-state index >= 15 is 0 Å². The lowest BCUT2D eigenvalue weighted by molar-refractivity contribution is 0.228. The number of hydrogen-bond donors (Lipinski definition) is 1. The van der Waals surface area contributed by atoms with E-state index in [-0.39, 0.29) is 0 Å². The Bertz CT molecular complexity index is 375. The van der Waals surface area contributed by atoms with Gasteiger partial charge in [0.2, 0.25) is 0 Å². The summed E-state index contributed by atoms with van der Waals surface area (Å²) in [5.41, 5.74) is 1.36. The quantitative estimate of drug-likeness (QED) is 0.888. The van der Waals surface area contributed by atoms with Gasteiger partial charge in [0.05, 0.1) is 17.9 Å². The van der Waals surface area contributed by atoms with Crippen molar-refractivity contribution in [1.29, 1.82) is 0 Å². The predicted molar refractivity (Wildman–Crippen MR) is 75.5 cm³/mol. The number of aromatic nitrogens is 2. The van der Waals surface area contributed by atoms with Crippen LogP contribution >= 0.6 is 0 Å². The van der Waals surface area contributed by atoms with Gasteiger partial charge < -0.3 is 9.88 Å². The highest BCUT2D eigenvalue weighted by Crippen LogP contribution is 2.36. The Morgan fingerprint density at radius 1 is 1.39 bits per heavy atom. The van der Waals surface area contributed by atoms with E-state index in [2.05, 4.69) is 48.9 Å². The molecule has 1 aliphatic rings. The van der Waals surface area contributed by atoms with Gasteiger partial charge in [0.25, 0.3) is 0 Å². The van der Waals surface area contributed by atoms with Gasteiger partial charge in [-0.2, -0.15) is 0 Å². The van der Waals surface area contributed by atoms with Crippen LogP contribution in [0.15, 0.2) is 6.20 Å². The smallest absolute Gasteiger partial charge is 0.105 e. The van der Waals surface area contributed by atoms with Crippen molar-refractivity contribution in [2.45, 2.75) is 52.5 Å². The van der Waals surface area contributed by atoms with E-state index in [1.807, 2.05) is 0 Å². The van der Waals surface area contributed by atoms with Crippen LogP contribution < -0.4 is 5.32 Å². The molecule has 1 aromatic rings. The van der Waals surface area contributed by atoms with Crippen molar-refractivity contribution in [3.8, 4) is 0 Å². The van der Waals surface area contributed by atoms with Gasteiger partial charge in [0.1, 0.15) is 5.82 Å². The maximum absolute atomic E-state index is 4.45. The van der Waals surface area contributed by atoms with E-state index < -0.39 is 0 Å². The summed E-state index contributed by atoms with van der Waals surface area (Å²) in [4.78, 5) is 4.45. The van der Waals surface area contributed by atoms with Gasteiger partial charge in [-0.15, -0.1) is 0 Å². The molecular formula is C15H27N3. The highest BCUT2D eigenvalue weighted by molar-refractivity contribution is 5.11. The number of imidazole rings is 1. The standard InChI is InChI=1S/C15H27N3/c1-5-16-15(13-8-6-11(2)7-9-13)14-10-17-12(3)18(14)4/h10-11,13,15-16H,5-9H2,1-4H3. The second-order valence-electron chi connectivity index (χ2n) is 5.84. The van der Waals surface area contributed by atoms with Crippen LogP contribution in [-0.2, 0) is 7.05 Å². The normalized spacial score (nSPS) is 26.2. The Labute approximate surface area is 111 Å². The van der Waals surface area contributed by atoms with Crippen molar-refractivity contribution in [3.05, 3.63) is 17.7 Å². The van der Waals surface area contributed by atoms with Gasteiger partial charge in [0, 0.05) is 7.05 Å². The molecule has 1 aromatic heterocycles. The summed E-state index contributed by atoms with van der Waals surface area (Å²) in [6.07, 6.45) is 7.51. The van der Waals surface area contributed by atoms with Gasteiger partial charge in [-0.1, -0.05) is 26.7 Å². The molecule has 0 bridgehead atoms. The molecule has 0 spiro atoms. The summed E-state index contributed by atoms with van der Waals surface area (Å²) >= 11 is 0. The van der Waals surface area contributed by atoms with Gasteiger partial charge in [0.15, 0.2) is 0 Å². The van der Waals surface area contributed by atoms with Crippen LogP contribution in [0.4, 0.5) is 0 Å². The molecule has 3 nitrogen and oxygen atoms in total. The highest BCUT2D eigenvalue weighted by Gasteiger charge is 2.28. The monoisotopic (exact) mass is 249 g/mol. The molecule has 0 saturated heterocycles. The fraction of sp³-hybridized carbons (Fsp3) is 0.800. The highest BCUT2D eigenvalue weighted by atomic mass is 15.1. The fourth-order valence-electron chi connectivity index (χ4n) is 3.16. The topological polar surface area (TPSA) is 29.9 Å². The molecule has 102 valence electrons. The number of rotatable bonds is 4. The van der Waals surface area contributed by atoms with Crippen LogP contribution in [0.25, 0.3) is 0 Å². The molecule has 18 heavy (non-hydrogen) atoms. The van der Waals surface area contributed by atoms with Crippen molar-refractivity contribution < 1.29 is 0 Å². The maximum atomic E-state index is 4.45. The first-order valence-corrected chi connectivity index (χ1v) is 7.35. The molecule has 1 unspecified atom stereocenters. The van der Waals surface area contributed by atoms with Gasteiger partial charge in [-0.05, 0) is 38.1 Å². The lowest BCUT2D eigenvalue weighted by atomic mass is 9.78. The Kier molecular flexibility index (Phi) is 4.44. The number of aryl methyl sites for hydroxylation is 1. The average Bonchev–Trinajstić information content (AvgIpc) is 2.69. The summed E-state index contributed by atoms with van der Waals surface area (Å²) < 4.78 is 2.24. The van der Waals surface area contributed by atoms with Crippen molar-refractivity contribution in [1.82, 2.24) is 14.9 Å². The Morgan fingerprint density at radius 3 is 2.56 bits per heavy atom. The van der Waals surface area contributed by atoms with Crippen LogP contribution in [0.5, 0.6) is 0 Å². The third kappa shape index (κ3) is 2.77. The van der Waals surface area contributed by atoms with Crippen LogP contribution in [0, 0.1) is 18.8 Å². The lowest BCUT2D eigenvalue weighted by Crippen LogP contribution is -2.32. The van der Waals surface area contributed by atoms with Crippen LogP contribution in [0.3, 0.4) is 0 Å². The zero-order chi connectivity index (χ0) is 13.1. The first-order valence-electron chi connectivity index (χ1n) is 7.35. The Balaban J connectivity index is 2.15. The minimum atomic E-state index is 0.480. The minimum absolute atomic E-state index is 0.480. The van der Waals surface area contributed by atoms with Crippen LogP contribution in [0.2, 0.25) is 0 Å². The molecule has 1 fully saturated rings. The molecule has 0 aliphatic heterocycles. The van der Waals surface area contributed by atoms with E-state index in [1.165, 1.54) is 31.4 Å². The number of hydrogen-bond acceptors (Lipinski definition) is 2. The fourth-order valence-corrected chi connectivity index (χ4v) is 3.16. The third-order valence-electron chi connectivity index (χ3n) is 4.53. The predicted octanol–water partition coefficient (Wildman–Crippen LogP) is 3.21. The maximum Gasteiger partial charge on any atom is 0.105 e. The molecular weight excluding hydrogens is 222 g/mol. The molecule has 1 heterocycles. The summed E-state index contributed by atoms with van der Waals surface area (Å²) in [6, 6.07) is 0.480. The molecule has 1 aliphatic carbocycles. The van der Waals surface area contributed by atoms with Gasteiger partial charge in [-0.25, -0.2) is 4.98 Å². The molecule has 3 heteroatoms. The van der Waals surface area contributed by atoms with Crippen LogP contribution in [-0.4, -0.2) is 16.1 Å². The SMILES string of the molecule is CCNC(c1cnc(C)n1C)C1CCC(C)CC1. The molecule has 0 aromatic carbocycles. The van der Waals surface area contributed by atoms with Crippen molar-refractivity contribution in [3.63, 3.8) is 0 Å². The number of nitrogens with one attached hydrogen (secondary N) is 1. The van der Waals surface area contributed by atoms with Crippen molar-refractivity contribution in [2.75, 3.05) is 6.54 Å². The first kappa shape index (κ1) is 13.6. The van der Waals surface area contributed by atoms with E-state index in [9.17, 15) is 0 Å². The summed E-state index contributed by atoms with van der Waals surface area (Å²) in [6.45, 7) is 7.69. The van der Waals surface area contributed by atoms with E-state index in [4.69, 9.17) is 0 Å². The second kappa shape index (κ2) is 5.87. The summed E-state index contributed by atoms with van der Waals surface area (Å²) in [5, 5.41) is 3.68. The van der Waals surface area contributed by atoms with E-state index in [0.29, 0.717) is 6.04 Å². The molecule has 1 N–H and O–H groups in total. The molecule has 1 atom stereocenters. The third-order valence-corrected chi connectivity index (χ3v) is 4.53. The van der Waals surface area contributed by atoms with Gasteiger partial charge >= 0.3 is 0 Å². The van der Waals surface area contributed by atoms with Crippen molar-refractivity contribution in [2.24, 2.45) is 18.9 Å². The Hall–Kier alpha value is -0.830. The second-order valence-corrected chi connectivity index (χ2v) is 5.84. The lowest BCUT2D eigenvalue weighted by Gasteiger charge is -2.33. The zero-order valence-electron chi connectivity index (χ0n) is 12.2. The Morgan fingerprint density at radius 2 is 2.06 bits per heavy atom. The molecule has 1 saturated carbocycles. The first-order chi connectivity index (χ1) is 8.63.